The van der Waals surface area contributed by atoms with Crippen molar-refractivity contribution in [3.8, 4) is 0 Å². The summed E-state index contributed by atoms with van der Waals surface area (Å²) in [5, 5.41) is 4.92. The number of fused-ring (bicyclic) bond motifs is 1. The Morgan fingerprint density at radius 2 is 2.08 bits per heavy atom. The first-order valence-corrected chi connectivity index (χ1v) is 8.20. The molecule has 6 nitrogen and oxygen atoms in total. The summed E-state index contributed by atoms with van der Waals surface area (Å²) in [5.41, 5.74) is 8.13. The van der Waals surface area contributed by atoms with Crippen molar-refractivity contribution < 1.29 is 14.3 Å². The minimum absolute atomic E-state index is 0.162. The lowest BCUT2D eigenvalue weighted by Crippen LogP contribution is -2.27. The van der Waals surface area contributed by atoms with Gasteiger partial charge in [-0.25, -0.2) is 0 Å². The number of anilines is 1. The predicted octanol–water partition coefficient (Wildman–Crippen LogP) is 2.59. The zero-order valence-electron chi connectivity index (χ0n) is 14.1. The van der Waals surface area contributed by atoms with Gasteiger partial charge in [0.15, 0.2) is 0 Å². The Labute approximate surface area is 151 Å². The van der Waals surface area contributed by atoms with Gasteiger partial charge in [-0.2, -0.15) is 0 Å². The van der Waals surface area contributed by atoms with Crippen LogP contribution in [-0.4, -0.2) is 23.9 Å². The van der Waals surface area contributed by atoms with Gasteiger partial charge in [0, 0.05) is 30.0 Å². The highest BCUT2D eigenvalue weighted by Gasteiger charge is 2.19. The summed E-state index contributed by atoms with van der Waals surface area (Å²) in [6.07, 6.45) is 3.49. The topological polar surface area (TPSA) is 94.3 Å². The number of pyridine rings is 1. The first-order chi connectivity index (χ1) is 12.7. The molecule has 1 unspecified atom stereocenters. The number of carbonyl (C=O) groups is 2. The number of carbonyl (C=O) groups excluding carboxylic acids is 2. The van der Waals surface area contributed by atoms with Gasteiger partial charge < -0.3 is 15.8 Å². The third-order valence-corrected chi connectivity index (χ3v) is 4.13. The molecule has 3 N–H and O–H groups in total. The molecular weight excluding hydrogens is 330 g/mol. The van der Waals surface area contributed by atoms with E-state index < -0.39 is 5.92 Å². The van der Waals surface area contributed by atoms with Crippen LogP contribution in [-0.2, 0) is 20.9 Å². The molecular formula is C20H19N3O3. The highest BCUT2D eigenvalue weighted by atomic mass is 16.5. The average molecular weight is 349 g/mol. The lowest BCUT2D eigenvalue weighted by atomic mass is 9.96. The Morgan fingerprint density at radius 3 is 2.88 bits per heavy atom. The minimum atomic E-state index is -0.501. The highest BCUT2D eigenvalue weighted by molar-refractivity contribution is 5.98. The van der Waals surface area contributed by atoms with E-state index in [2.05, 4.69) is 10.3 Å². The van der Waals surface area contributed by atoms with Crippen LogP contribution in [0.1, 0.15) is 17.0 Å². The first kappa shape index (κ1) is 17.6. The highest BCUT2D eigenvalue weighted by Crippen LogP contribution is 2.22. The lowest BCUT2D eigenvalue weighted by molar-refractivity contribution is -0.129. The lowest BCUT2D eigenvalue weighted by Gasteiger charge is -2.16. The van der Waals surface area contributed by atoms with Crippen molar-refractivity contribution in [1.29, 1.82) is 0 Å². The molecule has 1 atom stereocenters. The summed E-state index contributed by atoms with van der Waals surface area (Å²) in [6.45, 7) is 0.728. The van der Waals surface area contributed by atoms with Crippen LogP contribution in [0, 0.1) is 0 Å². The summed E-state index contributed by atoms with van der Waals surface area (Å²) < 4.78 is 4.77. The predicted molar refractivity (Wildman–Crippen MR) is 99.5 cm³/mol. The van der Waals surface area contributed by atoms with Crippen LogP contribution >= 0.6 is 0 Å². The molecule has 0 bridgehead atoms. The molecule has 0 saturated carbocycles. The Hall–Kier alpha value is -3.25. The van der Waals surface area contributed by atoms with Gasteiger partial charge in [-0.3, -0.25) is 14.6 Å². The third kappa shape index (κ3) is 4.04. The van der Waals surface area contributed by atoms with E-state index in [9.17, 15) is 9.59 Å². The van der Waals surface area contributed by atoms with Gasteiger partial charge >= 0.3 is 0 Å². The molecule has 3 aromatic rings. The monoisotopic (exact) mass is 349 g/mol. The van der Waals surface area contributed by atoms with Gasteiger partial charge in [-0.1, -0.05) is 30.3 Å². The summed E-state index contributed by atoms with van der Waals surface area (Å²) in [6, 6.07) is 14.9. The SMILES string of the molecule is NCC(C(=O)Nc1ccc2cnccc2c1)c1cccc(COC=O)c1. The Morgan fingerprint density at radius 1 is 1.19 bits per heavy atom. The van der Waals surface area contributed by atoms with Gasteiger partial charge in [0.1, 0.15) is 6.61 Å². The molecule has 2 aromatic carbocycles. The average Bonchev–Trinajstić information content (AvgIpc) is 2.67. The normalized spacial score (nSPS) is 11.7. The molecule has 26 heavy (non-hydrogen) atoms. The molecule has 132 valence electrons. The van der Waals surface area contributed by atoms with Crippen LogP contribution < -0.4 is 11.1 Å². The number of benzene rings is 2. The van der Waals surface area contributed by atoms with Crippen molar-refractivity contribution in [3.63, 3.8) is 0 Å². The van der Waals surface area contributed by atoms with Crippen LogP contribution in [0.25, 0.3) is 10.8 Å². The number of hydrogen-bond acceptors (Lipinski definition) is 5. The van der Waals surface area contributed by atoms with Gasteiger partial charge in [0.25, 0.3) is 6.47 Å². The van der Waals surface area contributed by atoms with Crippen LogP contribution in [0.4, 0.5) is 5.69 Å². The zero-order valence-corrected chi connectivity index (χ0v) is 14.1. The maximum absolute atomic E-state index is 12.7. The van der Waals surface area contributed by atoms with Crippen LogP contribution in [0.3, 0.4) is 0 Å². The quantitative estimate of drug-likeness (QED) is 0.639. The van der Waals surface area contributed by atoms with E-state index in [0.29, 0.717) is 12.2 Å². The van der Waals surface area contributed by atoms with E-state index in [1.165, 1.54) is 0 Å². The van der Waals surface area contributed by atoms with Crippen LogP contribution in [0.15, 0.2) is 60.9 Å². The number of nitrogens with one attached hydrogen (secondary N) is 1. The molecule has 0 saturated heterocycles. The summed E-state index contributed by atoms with van der Waals surface area (Å²) in [4.78, 5) is 27.1. The molecule has 0 spiro atoms. The molecule has 3 rings (SSSR count). The molecule has 6 heteroatoms. The first-order valence-electron chi connectivity index (χ1n) is 8.20. The number of aromatic nitrogens is 1. The number of hydrogen-bond donors (Lipinski definition) is 2. The van der Waals surface area contributed by atoms with Crippen molar-refractivity contribution in [2.24, 2.45) is 5.73 Å². The second kappa shape index (κ2) is 8.22. The number of rotatable bonds is 7. The van der Waals surface area contributed by atoms with Gasteiger partial charge in [0.05, 0.1) is 5.92 Å². The van der Waals surface area contributed by atoms with Crippen molar-refractivity contribution in [2.75, 3.05) is 11.9 Å². The summed E-state index contributed by atoms with van der Waals surface area (Å²) >= 11 is 0. The molecule has 1 heterocycles. The van der Waals surface area contributed by atoms with Crippen molar-refractivity contribution in [1.82, 2.24) is 4.98 Å². The Kier molecular flexibility index (Phi) is 5.56. The maximum Gasteiger partial charge on any atom is 0.293 e. The fraction of sp³-hybridized carbons (Fsp3) is 0.150. The molecule has 0 aliphatic carbocycles. The number of nitrogens with two attached hydrogens (primary N) is 1. The van der Waals surface area contributed by atoms with E-state index in [0.717, 1.165) is 21.9 Å². The minimum Gasteiger partial charge on any atom is -0.463 e. The van der Waals surface area contributed by atoms with Crippen molar-refractivity contribution in [3.05, 3.63) is 72.1 Å². The second-order valence-corrected chi connectivity index (χ2v) is 5.87. The van der Waals surface area contributed by atoms with Gasteiger partial charge in [0.2, 0.25) is 5.91 Å². The second-order valence-electron chi connectivity index (χ2n) is 5.87. The zero-order chi connectivity index (χ0) is 18.4. The Balaban J connectivity index is 1.78. The standard InChI is InChI=1S/C20H19N3O3/c21-10-19(16-3-1-2-14(8-16)12-26-13-24)20(25)23-18-5-4-17-11-22-7-6-15(17)9-18/h1-9,11,13,19H,10,12,21H2,(H,23,25). The summed E-state index contributed by atoms with van der Waals surface area (Å²) in [7, 11) is 0. The van der Waals surface area contributed by atoms with Crippen molar-refractivity contribution in [2.45, 2.75) is 12.5 Å². The fourth-order valence-electron chi connectivity index (χ4n) is 2.81. The molecule has 1 aromatic heterocycles. The van der Waals surface area contributed by atoms with Gasteiger partial charge in [-0.05, 0) is 34.7 Å². The number of ether oxygens (including phenoxy) is 1. The number of nitrogens with zero attached hydrogens (tertiary/aromatic N) is 1. The molecule has 1 amide bonds. The molecule has 0 aliphatic rings. The van der Waals surface area contributed by atoms with Gasteiger partial charge in [-0.15, -0.1) is 0 Å². The molecule has 0 aliphatic heterocycles. The Bertz CT molecular complexity index is 927. The summed E-state index contributed by atoms with van der Waals surface area (Å²) in [5.74, 6) is -0.686. The maximum atomic E-state index is 12.7. The van der Waals surface area contributed by atoms with Crippen LogP contribution in [0.2, 0.25) is 0 Å². The van der Waals surface area contributed by atoms with E-state index >= 15 is 0 Å². The number of amides is 1. The van der Waals surface area contributed by atoms with E-state index in [1.54, 1.807) is 12.4 Å². The molecule has 0 fully saturated rings. The fourth-order valence-corrected chi connectivity index (χ4v) is 2.81. The van der Waals surface area contributed by atoms with E-state index in [4.69, 9.17) is 10.5 Å². The van der Waals surface area contributed by atoms with Crippen LogP contribution in [0.5, 0.6) is 0 Å². The largest absolute Gasteiger partial charge is 0.463 e. The van der Waals surface area contributed by atoms with Crippen molar-refractivity contribution >= 4 is 28.8 Å². The molecule has 0 radical (unpaired) electrons. The van der Waals surface area contributed by atoms with E-state index in [1.807, 2.05) is 48.5 Å². The smallest absolute Gasteiger partial charge is 0.293 e. The van der Waals surface area contributed by atoms with E-state index in [-0.39, 0.29) is 19.1 Å². The third-order valence-electron chi connectivity index (χ3n) is 4.13.